The minimum Gasteiger partial charge on any atom is -0.348 e. The van der Waals surface area contributed by atoms with Crippen LogP contribution in [-0.4, -0.2) is 38.9 Å². The number of benzene rings is 2. The smallest absolute Gasteiger partial charge is 0.251 e. The van der Waals surface area contributed by atoms with Gasteiger partial charge in [0.2, 0.25) is 10.0 Å². The van der Waals surface area contributed by atoms with Crippen molar-refractivity contribution < 1.29 is 13.2 Å². The Balaban J connectivity index is 2.05. The molecular formula is C22H31N3O3S. The fourth-order valence-corrected chi connectivity index (χ4v) is 4.10. The minimum absolute atomic E-state index is 0.0934. The number of carbonyl (C=O) groups excluding carboxylic acids is 1. The molecule has 0 aromatic heterocycles. The van der Waals surface area contributed by atoms with Gasteiger partial charge in [0.15, 0.2) is 0 Å². The Morgan fingerprint density at radius 1 is 0.966 bits per heavy atom. The molecule has 0 fully saturated rings. The molecule has 0 saturated heterocycles. The maximum absolute atomic E-state index is 12.6. The second kappa shape index (κ2) is 10.5. The average Bonchev–Trinajstić information content (AvgIpc) is 2.71. The number of hydrogen-bond donors (Lipinski definition) is 2. The Hall–Kier alpha value is -2.22. The fourth-order valence-electron chi connectivity index (χ4n) is 3.03. The van der Waals surface area contributed by atoms with Crippen molar-refractivity contribution in [1.29, 1.82) is 0 Å². The molecule has 6 nitrogen and oxygen atoms in total. The van der Waals surface area contributed by atoms with Crippen LogP contribution in [0.1, 0.15) is 47.8 Å². The highest BCUT2D eigenvalue weighted by molar-refractivity contribution is 7.89. The van der Waals surface area contributed by atoms with Crippen LogP contribution in [0.4, 0.5) is 0 Å². The van der Waals surface area contributed by atoms with Gasteiger partial charge in [-0.25, -0.2) is 13.1 Å². The van der Waals surface area contributed by atoms with Crippen molar-refractivity contribution in [2.75, 3.05) is 19.6 Å². The van der Waals surface area contributed by atoms with Crippen molar-refractivity contribution in [1.82, 2.24) is 14.9 Å². The molecule has 0 aliphatic carbocycles. The number of rotatable bonds is 10. The van der Waals surface area contributed by atoms with E-state index in [2.05, 4.69) is 40.9 Å². The first-order valence-corrected chi connectivity index (χ1v) is 11.5. The first kappa shape index (κ1) is 23.1. The van der Waals surface area contributed by atoms with Crippen LogP contribution in [0.2, 0.25) is 0 Å². The number of hydrogen-bond acceptors (Lipinski definition) is 4. The zero-order valence-corrected chi connectivity index (χ0v) is 18.5. The maximum Gasteiger partial charge on any atom is 0.251 e. The van der Waals surface area contributed by atoms with Crippen LogP contribution in [0, 0.1) is 6.92 Å². The molecule has 0 bridgehead atoms. The standard InChI is InChI=1S/C22H31N3O3S/c1-5-24-29(27,28)20-13-8-17(4)21(14-20)22(26)23-15-18-9-11-19(12-10-18)16-25(6-2)7-3/h8-14,24H,5-7,15-16H2,1-4H3,(H,23,26). The van der Waals surface area contributed by atoms with Crippen LogP contribution >= 0.6 is 0 Å². The van der Waals surface area contributed by atoms with E-state index in [-0.39, 0.29) is 10.8 Å². The van der Waals surface area contributed by atoms with Crippen LogP contribution in [0.3, 0.4) is 0 Å². The number of amides is 1. The second-order valence-corrected chi connectivity index (χ2v) is 8.71. The zero-order valence-electron chi connectivity index (χ0n) is 17.7. The van der Waals surface area contributed by atoms with Crippen molar-refractivity contribution >= 4 is 15.9 Å². The normalized spacial score (nSPS) is 11.6. The van der Waals surface area contributed by atoms with Gasteiger partial charge >= 0.3 is 0 Å². The molecule has 0 spiro atoms. The van der Waals surface area contributed by atoms with Gasteiger partial charge < -0.3 is 5.32 Å². The Kier molecular flexibility index (Phi) is 8.37. The van der Waals surface area contributed by atoms with Crippen LogP contribution in [-0.2, 0) is 23.1 Å². The highest BCUT2D eigenvalue weighted by atomic mass is 32.2. The van der Waals surface area contributed by atoms with E-state index in [1.807, 2.05) is 12.1 Å². The maximum atomic E-state index is 12.6. The summed E-state index contributed by atoms with van der Waals surface area (Å²) in [6, 6.07) is 12.8. The molecule has 0 saturated carbocycles. The van der Waals surface area contributed by atoms with Crippen molar-refractivity contribution in [3.8, 4) is 0 Å². The van der Waals surface area contributed by atoms with E-state index in [0.29, 0.717) is 18.7 Å². The summed E-state index contributed by atoms with van der Waals surface area (Å²) >= 11 is 0. The first-order valence-electron chi connectivity index (χ1n) is 9.99. The molecule has 0 aliphatic heterocycles. The number of nitrogens with one attached hydrogen (secondary N) is 2. The molecule has 0 radical (unpaired) electrons. The number of nitrogens with zero attached hydrogens (tertiary/aromatic N) is 1. The van der Waals surface area contributed by atoms with Gasteiger partial charge in [-0.1, -0.05) is 51.1 Å². The summed E-state index contributed by atoms with van der Waals surface area (Å²) in [6.07, 6.45) is 0. The van der Waals surface area contributed by atoms with E-state index >= 15 is 0 Å². The highest BCUT2D eigenvalue weighted by Gasteiger charge is 2.17. The minimum atomic E-state index is -3.60. The Morgan fingerprint density at radius 2 is 1.59 bits per heavy atom. The molecule has 2 aromatic rings. The van der Waals surface area contributed by atoms with E-state index in [1.165, 1.54) is 17.7 Å². The van der Waals surface area contributed by atoms with Crippen molar-refractivity contribution in [3.63, 3.8) is 0 Å². The summed E-state index contributed by atoms with van der Waals surface area (Å²) in [5.74, 6) is -0.289. The van der Waals surface area contributed by atoms with Crippen molar-refractivity contribution in [3.05, 3.63) is 64.7 Å². The third-order valence-electron chi connectivity index (χ3n) is 4.87. The third-order valence-corrected chi connectivity index (χ3v) is 6.42. The molecular weight excluding hydrogens is 386 g/mol. The second-order valence-electron chi connectivity index (χ2n) is 6.94. The Morgan fingerprint density at radius 3 is 2.17 bits per heavy atom. The third kappa shape index (κ3) is 6.39. The van der Waals surface area contributed by atoms with Crippen LogP contribution in [0.5, 0.6) is 0 Å². The van der Waals surface area contributed by atoms with E-state index in [1.54, 1.807) is 19.9 Å². The predicted octanol–water partition coefficient (Wildman–Crippen LogP) is 3.07. The molecule has 0 atom stereocenters. The topological polar surface area (TPSA) is 78.5 Å². The molecule has 7 heteroatoms. The summed E-state index contributed by atoms with van der Waals surface area (Å²) in [5, 5.41) is 2.88. The van der Waals surface area contributed by atoms with Gasteiger partial charge in [0.05, 0.1) is 4.90 Å². The van der Waals surface area contributed by atoms with Crippen molar-refractivity contribution in [2.45, 2.75) is 45.7 Å². The van der Waals surface area contributed by atoms with Crippen molar-refractivity contribution in [2.24, 2.45) is 0 Å². The molecule has 0 aliphatic rings. The molecule has 29 heavy (non-hydrogen) atoms. The predicted molar refractivity (Wildman–Crippen MR) is 116 cm³/mol. The van der Waals surface area contributed by atoms with E-state index in [0.717, 1.165) is 30.8 Å². The summed E-state index contributed by atoms with van der Waals surface area (Å²) in [7, 11) is -3.60. The molecule has 0 unspecified atom stereocenters. The van der Waals surface area contributed by atoms with Gasteiger partial charge in [-0.05, 0) is 48.8 Å². The van der Waals surface area contributed by atoms with Gasteiger partial charge in [0.1, 0.15) is 0 Å². The van der Waals surface area contributed by atoms with Gasteiger partial charge in [-0.15, -0.1) is 0 Å². The lowest BCUT2D eigenvalue weighted by molar-refractivity contribution is 0.0950. The number of aryl methyl sites for hydroxylation is 1. The molecule has 1 amide bonds. The SMILES string of the molecule is CCNS(=O)(=O)c1ccc(C)c(C(=O)NCc2ccc(CN(CC)CC)cc2)c1. The van der Waals surface area contributed by atoms with Crippen LogP contribution in [0.15, 0.2) is 47.4 Å². The fraction of sp³-hybridized carbons (Fsp3) is 0.409. The number of sulfonamides is 1. The van der Waals surface area contributed by atoms with Gasteiger partial charge in [0.25, 0.3) is 5.91 Å². The molecule has 0 heterocycles. The van der Waals surface area contributed by atoms with Crippen LogP contribution in [0.25, 0.3) is 0 Å². The van der Waals surface area contributed by atoms with Crippen LogP contribution < -0.4 is 10.0 Å². The summed E-state index contributed by atoms with van der Waals surface area (Å²) in [5.41, 5.74) is 3.33. The Bertz CT molecular complexity index is 921. The average molecular weight is 418 g/mol. The summed E-state index contributed by atoms with van der Waals surface area (Å²) in [4.78, 5) is 15.1. The van der Waals surface area contributed by atoms with Gasteiger partial charge in [-0.2, -0.15) is 0 Å². The lowest BCUT2D eigenvalue weighted by Gasteiger charge is -2.18. The molecule has 158 valence electrons. The van der Waals surface area contributed by atoms with E-state index in [4.69, 9.17) is 0 Å². The Labute approximate surface area is 174 Å². The van der Waals surface area contributed by atoms with Gasteiger partial charge in [-0.3, -0.25) is 9.69 Å². The zero-order chi connectivity index (χ0) is 21.4. The lowest BCUT2D eigenvalue weighted by atomic mass is 10.1. The lowest BCUT2D eigenvalue weighted by Crippen LogP contribution is -2.26. The monoisotopic (exact) mass is 417 g/mol. The summed E-state index contributed by atoms with van der Waals surface area (Å²) in [6.45, 7) is 11.4. The molecule has 2 N–H and O–H groups in total. The number of carbonyl (C=O) groups is 1. The van der Waals surface area contributed by atoms with E-state index in [9.17, 15) is 13.2 Å². The summed E-state index contributed by atoms with van der Waals surface area (Å²) < 4.78 is 26.9. The van der Waals surface area contributed by atoms with Gasteiger partial charge in [0, 0.05) is 25.2 Å². The molecule has 2 aromatic carbocycles. The largest absolute Gasteiger partial charge is 0.348 e. The first-order chi connectivity index (χ1) is 13.8. The quantitative estimate of drug-likeness (QED) is 0.623. The highest BCUT2D eigenvalue weighted by Crippen LogP contribution is 2.16. The van der Waals surface area contributed by atoms with E-state index < -0.39 is 10.0 Å². The molecule has 2 rings (SSSR count).